The quantitative estimate of drug-likeness (QED) is 0.906. The lowest BCUT2D eigenvalue weighted by Crippen LogP contribution is -2.11. The predicted octanol–water partition coefficient (Wildman–Crippen LogP) is 3.72. The number of hydrogen-bond acceptors (Lipinski definition) is 4. The zero-order chi connectivity index (χ0) is 13.2. The highest BCUT2D eigenvalue weighted by atomic mass is 79.9. The van der Waals surface area contributed by atoms with Gasteiger partial charge in [0.1, 0.15) is 0 Å². The highest BCUT2D eigenvalue weighted by Crippen LogP contribution is 2.36. The summed E-state index contributed by atoms with van der Waals surface area (Å²) in [6, 6.07) is 7.80. The summed E-state index contributed by atoms with van der Waals surface area (Å²) in [5, 5.41) is 2.03. The first-order valence-corrected chi connectivity index (χ1v) is 7.81. The van der Waals surface area contributed by atoms with Gasteiger partial charge >= 0.3 is 0 Å². The summed E-state index contributed by atoms with van der Waals surface area (Å²) >= 11 is 5.18. The van der Waals surface area contributed by atoms with Gasteiger partial charge in [-0.3, -0.25) is 0 Å². The molecule has 5 heteroatoms. The zero-order valence-corrected chi connectivity index (χ0v) is 12.7. The van der Waals surface area contributed by atoms with Gasteiger partial charge in [0.15, 0.2) is 11.5 Å². The van der Waals surface area contributed by atoms with Gasteiger partial charge in [-0.15, -0.1) is 11.3 Å². The standard InChI is InChI=1S/C14H14BrNO2S/c15-10-4-7-19-14(10)13(16)9-2-3-11-12(8-9)18-6-1-5-17-11/h2-4,7-8,13H,1,5-6,16H2. The highest BCUT2D eigenvalue weighted by Gasteiger charge is 2.17. The average Bonchev–Trinajstić information content (AvgIpc) is 2.72. The van der Waals surface area contributed by atoms with Crippen LogP contribution in [0, 0.1) is 0 Å². The van der Waals surface area contributed by atoms with Crippen LogP contribution in [0.2, 0.25) is 0 Å². The van der Waals surface area contributed by atoms with E-state index in [0.717, 1.165) is 32.8 Å². The van der Waals surface area contributed by atoms with E-state index in [1.165, 1.54) is 0 Å². The van der Waals surface area contributed by atoms with Gasteiger partial charge in [-0.05, 0) is 45.1 Å². The molecule has 19 heavy (non-hydrogen) atoms. The third-order valence-corrected chi connectivity index (χ3v) is 5.01. The Balaban J connectivity index is 1.93. The Bertz CT molecular complexity index is 585. The molecule has 0 aliphatic carbocycles. The summed E-state index contributed by atoms with van der Waals surface area (Å²) < 4.78 is 12.4. The molecular weight excluding hydrogens is 326 g/mol. The van der Waals surface area contributed by atoms with E-state index in [9.17, 15) is 0 Å². The Morgan fingerprint density at radius 2 is 1.95 bits per heavy atom. The monoisotopic (exact) mass is 339 g/mol. The van der Waals surface area contributed by atoms with Gasteiger partial charge in [-0.1, -0.05) is 6.07 Å². The molecular formula is C14H14BrNO2S. The molecule has 0 saturated heterocycles. The van der Waals surface area contributed by atoms with Crippen LogP contribution in [-0.2, 0) is 0 Å². The van der Waals surface area contributed by atoms with Crippen LogP contribution < -0.4 is 15.2 Å². The molecule has 1 aromatic carbocycles. The molecule has 1 aliphatic heterocycles. The van der Waals surface area contributed by atoms with E-state index < -0.39 is 0 Å². The van der Waals surface area contributed by atoms with E-state index in [2.05, 4.69) is 15.9 Å². The number of fused-ring (bicyclic) bond motifs is 1. The van der Waals surface area contributed by atoms with Crippen molar-refractivity contribution in [1.82, 2.24) is 0 Å². The Labute approximate surface area is 124 Å². The summed E-state index contributed by atoms with van der Waals surface area (Å²) in [4.78, 5) is 1.12. The molecule has 0 radical (unpaired) electrons. The Kier molecular flexibility index (Phi) is 3.77. The molecule has 100 valence electrons. The molecule has 0 bridgehead atoms. The van der Waals surface area contributed by atoms with Crippen molar-refractivity contribution in [3.05, 3.63) is 44.6 Å². The summed E-state index contributed by atoms with van der Waals surface area (Å²) in [5.74, 6) is 1.59. The number of hydrogen-bond donors (Lipinski definition) is 1. The van der Waals surface area contributed by atoms with Crippen molar-refractivity contribution in [2.24, 2.45) is 5.73 Å². The number of thiophene rings is 1. The molecule has 0 fully saturated rings. The van der Waals surface area contributed by atoms with Crippen molar-refractivity contribution in [3.8, 4) is 11.5 Å². The lowest BCUT2D eigenvalue weighted by Gasteiger charge is -2.14. The van der Waals surface area contributed by atoms with Gasteiger partial charge in [0.25, 0.3) is 0 Å². The minimum absolute atomic E-state index is 0.147. The SMILES string of the molecule is NC(c1ccc2c(c1)OCCCO2)c1sccc1Br. The van der Waals surface area contributed by atoms with Gasteiger partial charge in [0.05, 0.1) is 19.3 Å². The van der Waals surface area contributed by atoms with Crippen molar-refractivity contribution in [3.63, 3.8) is 0 Å². The van der Waals surface area contributed by atoms with E-state index in [1.807, 2.05) is 29.6 Å². The fraction of sp³-hybridized carbons (Fsp3) is 0.286. The van der Waals surface area contributed by atoms with E-state index in [4.69, 9.17) is 15.2 Å². The fourth-order valence-corrected chi connectivity index (χ4v) is 3.70. The number of nitrogens with two attached hydrogens (primary N) is 1. The van der Waals surface area contributed by atoms with Gasteiger partial charge in [0, 0.05) is 15.8 Å². The first-order chi connectivity index (χ1) is 9.25. The molecule has 1 aliphatic rings. The van der Waals surface area contributed by atoms with Crippen LogP contribution in [0.3, 0.4) is 0 Å². The van der Waals surface area contributed by atoms with E-state index in [0.29, 0.717) is 13.2 Å². The van der Waals surface area contributed by atoms with Crippen molar-refractivity contribution >= 4 is 27.3 Å². The van der Waals surface area contributed by atoms with E-state index in [-0.39, 0.29) is 6.04 Å². The van der Waals surface area contributed by atoms with Crippen molar-refractivity contribution in [1.29, 1.82) is 0 Å². The van der Waals surface area contributed by atoms with Crippen molar-refractivity contribution < 1.29 is 9.47 Å². The summed E-state index contributed by atoms with van der Waals surface area (Å²) in [5.41, 5.74) is 7.35. The average molecular weight is 340 g/mol. The first kappa shape index (κ1) is 13.0. The minimum Gasteiger partial charge on any atom is -0.490 e. The van der Waals surface area contributed by atoms with Crippen LogP contribution in [0.15, 0.2) is 34.1 Å². The topological polar surface area (TPSA) is 44.5 Å². The summed E-state index contributed by atoms with van der Waals surface area (Å²) in [6.07, 6.45) is 0.909. The van der Waals surface area contributed by atoms with E-state index in [1.54, 1.807) is 11.3 Å². The molecule has 1 aromatic heterocycles. The van der Waals surface area contributed by atoms with Crippen LogP contribution in [0.5, 0.6) is 11.5 Å². The Morgan fingerprint density at radius 3 is 2.68 bits per heavy atom. The number of benzene rings is 1. The molecule has 2 aromatic rings. The molecule has 0 saturated carbocycles. The maximum atomic E-state index is 6.32. The lowest BCUT2D eigenvalue weighted by molar-refractivity contribution is 0.297. The molecule has 0 amide bonds. The van der Waals surface area contributed by atoms with Crippen LogP contribution in [0.25, 0.3) is 0 Å². The predicted molar refractivity (Wildman–Crippen MR) is 80.1 cm³/mol. The highest BCUT2D eigenvalue weighted by molar-refractivity contribution is 9.10. The molecule has 3 rings (SSSR count). The van der Waals surface area contributed by atoms with Crippen molar-refractivity contribution in [2.75, 3.05) is 13.2 Å². The van der Waals surface area contributed by atoms with Crippen LogP contribution in [-0.4, -0.2) is 13.2 Å². The minimum atomic E-state index is -0.147. The summed E-state index contributed by atoms with van der Waals surface area (Å²) in [6.45, 7) is 1.39. The Morgan fingerprint density at radius 1 is 1.16 bits per heavy atom. The fourth-order valence-electron chi connectivity index (χ4n) is 2.05. The van der Waals surface area contributed by atoms with Gasteiger partial charge in [-0.2, -0.15) is 0 Å². The van der Waals surface area contributed by atoms with Gasteiger partial charge < -0.3 is 15.2 Å². The van der Waals surface area contributed by atoms with Crippen LogP contribution in [0.1, 0.15) is 22.9 Å². The third kappa shape index (κ3) is 2.63. The molecule has 2 N–H and O–H groups in total. The van der Waals surface area contributed by atoms with Gasteiger partial charge in [0.2, 0.25) is 0 Å². The molecule has 3 nitrogen and oxygen atoms in total. The van der Waals surface area contributed by atoms with Crippen molar-refractivity contribution in [2.45, 2.75) is 12.5 Å². The summed E-state index contributed by atoms with van der Waals surface area (Å²) in [7, 11) is 0. The second kappa shape index (κ2) is 5.53. The smallest absolute Gasteiger partial charge is 0.161 e. The number of ether oxygens (including phenoxy) is 2. The zero-order valence-electron chi connectivity index (χ0n) is 10.3. The Hall–Kier alpha value is -1.04. The maximum absolute atomic E-state index is 6.32. The van der Waals surface area contributed by atoms with Crippen LogP contribution in [0.4, 0.5) is 0 Å². The van der Waals surface area contributed by atoms with Gasteiger partial charge in [-0.25, -0.2) is 0 Å². The molecule has 2 heterocycles. The third-order valence-electron chi connectivity index (χ3n) is 3.06. The largest absolute Gasteiger partial charge is 0.490 e. The maximum Gasteiger partial charge on any atom is 0.161 e. The lowest BCUT2D eigenvalue weighted by atomic mass is 10.1. The second-order valence-corrected chi connectivity index (χ2v) is 6.17. The molecule has 1 atom stereocenters. The molecule has 1 unspecified atom stereocenters. The molecule has 0 spiro atoms. The van der Waals surface area contributed by atoms with E-state index >= 15 is 0 Å². The van der Waals surface area contributed by atoms with Crippen LogP contribution >= 0.6 is 27.3 Å². The number of halogens is 1. The second-order valence-electron chi connectivity index (χ2n) is 4.37. The first-order valence-electron chi connectivity index (χ1n) is 6.14. The number of rotatable bonds is 2. The normalized spacial score (nSPS) is 15.9.